The van der Waals surface area contributed by atoms with Crippen LogP contribution in [-0.2, 0) is 4.79 Å². The van der Waals surface area contributed by atoms with Gasteiger partial charge in [0.15, 0.2) is 5.17 Å². The van der Waals surface area contributed by atoms with Crippen molar-refractivity contribution in [3.63, 3.8) is 0 Å². The van der Waals surface area contributed by atoms with Crippen molar-refractivity contribution < 1.29 is 9.53 Å². The van der Waals surface area contributed by atoms with E-state index in [0.717, 1.165) is 28.6 Å². The Kier molecular flexibility index (Phi) is 5.86. The van der Waals surface area contributed by atoms with E-state index in [1.54, 1.807) is 12.3 Å². The molecule has 1 amide bonds. The number of aliphatic imine (C=N–C) groups is 1. The van der Waals surface area contributed by atoms with Crippen LogP contribution in [0.1, 0.15) is 11.1 Å². The van der Waals surface area contributed by atoms with E-state index in [1.807, 2.05) is 66.7 Å². The lowest BCUT2D eigenvalue weighted by Gasteiger charge is -2.03. The Balaban J connectivity index is 1.56. The first-order valence-corrected chi connectivity index (χ1v) is 8.68. The minimum Gasteiger partial charge on any atom is -0.490 e. The molecule has 0 spiro atoms. The number of hydrogen-bond donors (Lipinski definition) is 1. The summed E-state index contributed by atoms with van der Waals surface area (Å²) < 4.78 is 5.68. The molecule has 1 aliphatic rings. The first-order valence-electron chi connectivity index (χ1n) is 7.87. The van der Waals surface area contributed by atoms with Crippen molar-refractivity contribution >= 4 is 35.0 Å². The van der Waals surface area contributed by atoms with E-state index in [9.17, 15) is 4.79 Å². The largest absolute Gasteiger partial charge is 0.490 e. The predicted octanol–water partition coefficient (Wildman–Crippen LogP) is 3.82. The summed E-state index contributed by atoms with van der Waals surface area (Å²) in [7, 11) is 0. The number of hydrogen-bond acceptors (Lipinski definition) is 5. The predicted molar refractivity (Wildman–Crippen MR) is 104 cm³/mol. The first kappa shape index (κ1) is 17.5. The Morgan fingerprint density at radius 1 is 1.12 bits per heavy atom. The van der Waals surface area contributed by atoms with Gasteiger partial charge in [0.2, 0.25) is 6.19 Å². The molecule has 0 radical (unpaired) electrons. The highest BCUT2D eigenvalue weighted by molar-refractivity contribution is 8.18. The van der Waals surface area contributed by atoms with Crippen molar-refractivity contribution in [2.24, 2.45) is 4.99 Å². The van der Waals surface area contributed by atoms with Crippen molar-refractivity contribution in [1.29, 1.82) is 5.26 Å². The lowest BCUT2D eigenvalue weighted by molar-refractivity contribution is -0.115. The van der Waals surface area contributed by atoms with E-state index in [-0.39, 0.29) is 5.91 Å². The maximum atomic E-state index is 11.8. The molecule has 6 heteroatoms. The number of carbonyl (C=O) groups excluding carboxylic acids is 1. The van der Waals surface area contributed by atoms with Crippen LogP contribution in [0, 0.1) is 11.5 Å². The lowest BCUT2D eigenvalue weighted by atomic mass is 10.2. The Morgan fingerprint density at radius 3 is 2.62 bits per heavy atom. The average Bonchev–Trinajstić information content (AvgIpc) is 3.00. The molecule has 3 rings (SSSR count). The molecule has 0 aromatic heterocycles. The van der Waals surface area contributed by atoms with Gasteiger partial charge in [0, 0.05) is 0 Å². The van der Waals surface area contributed by atoms with Crippen molar-refractivity contribution in [2.75, 3.05) is 6.61 Å². The van der Waals surface area contributed by atoms with E-state index in [1.165, 1.54) is 0 Å². The topological polar surface area (TPSA) is 74.5 Å². The smallest absolute Gasteiger partial charge is 0.264 e. The summed E-state index contributed by atoms with van der Waals surface area (Å²) in [6.07, 6.45) is 7.38. The number of nitrogens with one attached hydrogen (secondary N) is 1. The summed E-state index contributed by atoms with van der Waals surface area (Å²) in [6, 6.07) is 17.5. The zero-order valence-electron chi connectivity index (χ0n) is 13.8. The van der Waals surface area contributed by atoms with Crippen molar-refractivity contribution in [2.45, 2.75) is 0 Å². The van der Waals surface area contributed by atoms with Crippen LogP contribution in [0.3, 0.4) is 0 Å². The number of nitrogens with zero attached hydrogens (tertiary/aromatic N) is 2. The molecule has 1 heterocycles. The summed E-state index contributed by atoms with van der Waals surface area (Å²) >= 11 is 1.14. The summed E-state index contributed by atoms with van der Waals surface area (Å²) in [5.41, 5.74) is 2.00. The molecule has 0 saturated carbocycles. The maximum absolute atomic E-state index is 11.8. The van der Waals surface area contributed by atoms with Crippen LogP contribution in [-0.4, -0.2) is 17.7 Å². The van der Waals surface area contributed by atoms with E-state index in [2.05, 4.69) is 10.3 Å². The molecule has 128 valence electrons. The molecule has 1 N–H and O–H groups in total. The van der Waals surface area contributed by atoms with Crippen molar-refractivity contribution in [1.82, 2.24) is 5.32 Å². The monoisotopic (exact) mass is 361 g/mol. The maximum Gasteiger partial charge on any atom is 0.264 e. The summed E-state index contributed by atoms with van der Waals surface area (Å²) in [6.45, 7) is 0.474. The number of amidine groups is 1. The van der Waals surface area contributed by atoms with Crippen LogP contribution < -0.4 is 10.1 Å². The summed E-state index contributed by atoms with van der Waals surface area (Å²) in [5.74, 6) is 0.496. The van der Waals surface area contributed by atoms with Gasteiger partial charge in [-0.15, -0.1) is 4.99 Å². The number of ether oxygens (including phenoxy) is 1. The normalized spacial score (nSPS) is 16.8. The highest BCUT2D eigenvalue weighted by atomic mass is 32.2. The standard InChI is InChI=1S/C20H15N3O2S/c21-14-22-20-23-19(24)18(26-20)13-16-8-10-17(11-9-16)25-12-4-7-15-5-2-1-3-6-15/h1-11,13H,12H2,(H,22,23,24). The fourth-order valence-corrected chi connectivity index (χ4v) is 3.01. The minimum atomic E-state index is -0.254. The molecular weight excluding hydrogens is 346 g/mol. The molecule has 0 atom stereocenters. The van der Waals surface area contributed by atoms with Gasteiger partial charge in [0.1, 0.15) is 12.4 Å². The SMILES string of the molecule is N#CN=C1NC(=O)C(=Cc2ccc(OCC=Cc3ccccc3)cc2)S1. The third kappa shape index (κ3) is 4.85. The van der Waals surface area contributed by atoms with Crippen molar-refractivity contribution in [3.8, 4) is 11.9 Å². The second-order valence-electron chi connectivity index (χ2n) is 5.27. The Morgan fingerprint density at radius 2 is 1.88 bits per heavy atom. The van der Waals surface area contributed by atoms with Crippen LogP contribution in [0.4, 0.5) is 0 Å². The van der Waals surface area contributed by atoms with Gasteiger partial charge in [-0.2, -0.15) is 5.26 Å². The van der Waals surface area contributed by atoms with Gasteiger partial charge in [0.25, 0.3) is 5.91 Å². The zero-order valence-corrected chi connectivity index (χ0v) is 14.6. The van der Waals surface area contributed by atoms with Crippen LogP contribution in [0.15, 0.2) is 70.6 Å². The summed E-state index contributed by atoms with van der Waals surface area (Å²) in [4.78, 5) is 15.8. The van der Waals surface area contributed by atoms with E-state index >= 15 is 0 Å². The molecule has 2 aromatic carbocycles. The molecule has 0 unspecified atom stereocenters. The fraction of sp³-hybridized carbons (Fsp3) is 0.0500. The van der Waals surface area contributed by atoms with E-state index in [0.29, 0.717) is 16.7 Å². The Bertz CT molecular complexity index is 910. The molecule has 26 heavy (non-hydrogen) atoms. The molecule has 0 bridgehead atoms. The molecule has 2 aromatic rings. The lowest BCUT2D eigenvalue weighted by Crippen LogP contribution is -2.19. The molecule has 5 nitrogen and oxygen atoms in total. The first-order chi connectivity index (χ1) is 12.7. The van der Waals surface area contributed by atoms with Crippen molar-refractivity contribution in [3.05, 3.63) is 76.7 Å². The third-order valence-corrected chi connectivity index (χ3v) is 4.35. The Hall–Kier alpha value is -3.30. The number of benzene rings is 2. The highest BCUT2D eigenvalue weighted by Gasteiger charge is 2.23. The van der Waals surface area contributed by atoms with Gasteiger partial charge in [-0.05, 0) is 47.2 Å². The second-order valence-corrected chi connectivity index (χ2v) is 6.31. The fourth-order valence-electron chi connectivity index (χ4n) is 2.23. The van der Waals surface area contributed by atoms with Gasteiger partial charge in [-0.25, -0.2) is 0 Å². The van der Waals surface area contributed by atoms with Crippen LogP contribution in [0.25, 0.3) is 12.2 Å². The zero-order chi connectivity index (χ0) is 18.2. The van der Waals surface area contributed by atoms with Gasteiger partial charge in [0.05, 0.1) is 4.91 Å². The molecule has 0 aliphatic carbocycles. The van der Waals surface area contributed by atoms with Crippen LogP contribution in [0.2, 0.25) is 0 Å². The van der Waals surface area contributed by atoms with E-state index < -0.39 is 0 Å². The summed E-state index contributed by atoms with van der Waals surface area (Å²) in [5, 5.41) is 11.4. The van der Waals surface area contributed by atoms with Gasteiger partial charge in [-0.3, -0.25) is 10.1 Å². The number of rotatable bonds is 5. The highest BCUT2D eigenvalue weighted by Crippen LogP contribution is 2.26. The Labute approximate surface area is 155 Å². The minimum absolute atomic E-state index is 0.254. The van der Waals surface area contributed by atoms with E-state index in [4.69, 9.17) is 10.00 Å². The van der Waals surface area contributed by atoms with Gasteiger partial charge < -0.3 is 4.74 Å². The number of carbonyl (C=O) groups is 1. The third-order valence-electron chi connectivity index (χ3n) is 3.44. The molecule has 1 fully saturated rings. The average molecular weight is 361 g/mol. The second kappa shape index (κ2) is 8.70. The van der Waals surface area contributed by atoms with Gasteiger partial charge in [-0.1, -0.05) is 48.5 Å². The number of thioether (sulfide) groups is 1. The number of nitriles is 1. The quantitative estimate of drug-likeness (QED) is 0.649. The molecule has 1 saturated heterocycles. The van der Waals surface area contributed by atoms with Gasteiger partial charge >= 0.3 is 0 Å². The number of amides is 1. The molecule has 1 aliphatic heterocycles. The van der Waals surface area contributed by atoms with Crippen LogP contribution in [0.5, 0.6) is 5.75 Å². The van der Waals surface area contributed by atoms with Crippen LogP contribution >= 0.6 is 11.8 Å². The molecular formula is C20H15N3O2S.